The predicted molar refractivity (Wildman–Crippen MR) is 64.6 cm³/mol. The van der Waals surface area contributed by atoms with Gasteiger partial charge in [0.1, 0.15) is 0 Å². The molecule has 3 atom stereocenters. The summed E-state index contributed by atoms with van der Waals surface area (Å²) in [5, 5.41) is 8.37. The Morgan fingerprint density at radius 2 is 1.88 bits per heavy atom. The molecular formula is C11H10BrNO2S. The van der Waals surface area contributed by atoms with E-state index in [-0.39, 0.29) is 5.92 Å². The fourth-order valence-electron chi connectivity index (χ4n) is 2.05. The van der Waals surface area contributed by atoms with Crippen molar-refractivity contribution < 1.29 is 8.42 Å². The molecule has 5 heteroatoms. The summed E-state index contributed by atoms with van der Waals surface area (Å²) in [6.07, 6.45) is 1.20. The Hall–Kier alpha value is -0.860. The molecule has 0 spiro atoms. The highest BCUT2D eigenvalue weighted by Crippen LogP contribution is 2.51. The molecule has 0 amide bonds. The Morgan fingerprint density at radius 3 is 2.25 bits per heavy atom. The molecule has 2 rings (SSSR count). The zero-order valence-electron chi connectivity index (χ0n) is 8.59. The number of hydrogen-bond acceptors (Lipinski definition) is 3. The number of sulfone groups is 1. The van der Waals surface area contributed by atoms with Crippen LogP contribution in [0.4, 0.5) is 0 Å². The average molecular weight is 300 g/mol. The molecule has 0 aromatic heterocycles. The van der Waals surface area contributed by atoms with Crippen LogP contribution in [0.5, 0.6) is 0 Å². The molecule has 1 saturated carbocycles. The predicted octanol–water partition coefficient (Wildman–Crippen LogP) is 2.10. The van der Waals surface area contributed by atoms with Crippen molar-refractivity contribution in [1.29, 1.82) is 5.26 Å². The lowest BCUT2D eigenvalue weighted by Gasteiger charge is -1.98. The maximum Gasteiger partial charge on any atom is 0.152 e. The van der Waals surface area contributed by atoms with Gasteiger partial charge in [0, 0.05) is 16.6 Å². The molecule has 0 N–H and O–H groups in total. The van der Waals surface area contributed by atoms with Crippen molar-refractivity contribution in [3.8, 4) is 6.07 Å². The Kier molecular flexibility index (Phi) is 2.81. The van der Waals surface area contributed by atoms with E-state index in [9.17, 15) is 8.42 Å². The Morgan fingerprint density at radius 1 is 1.31 bits per heavy atom. The van der Waals surface area contributed by atoms with Gasteiger partial charge in [0.05, 0.1) is 17.2 Å². The minimum Gasteiger partial charge on any atom is -0.229 e. The third-order valence-corrected chi connectivity index (χ3v) is 4.96. The summed E-state index contributed by atoms with van der Waals surface area (Å²) in [5.41, 5.74) is 0.921. The summed E-state index contributed by atoms with van der Waals surface area (Å²) in [5.74, 6) is -0.552. The van der Waals surface area contributed by atoms with E-state index in [0.29, 0.717) is 0 Å². The molecule has 0 aliphatic heterocycles. The average Bonchev–Trinajstić information content (AvgIpc) is 2.92. The minimum atomic E-state index is -3.13. The van der Waals surface area contributed by atoms with Crippen LogP contribution >= 0.6 is 15.9 Å². The van der Waals surface area contributed by atoms with Crippen LogP contribution in [-0.2, 0) is 9.84 Å². The number of benzene rings is 1. The van der Waals surface area contributed by atoms with E-state index in [4.69, 9.17) is 5.26 Å². The molecule has 16 heavy (non-hydrogen) atoms. The van der Waals surface area contributed by atoms with Crippen molar-refractivity contribution in [3.05, 3.63) is 34.3 Å². The zero-order chi connectivity index (χ0) is 11.9. The molecule has 84 valence electrons. The Balaban J connectivity index is 2.31. The second-order valence-electron chi connectivity index (χ2n) is 4.03. The van der Waals surface area contributed by atoms with Gasteiger partial charge in [-0.1, -0.05) is 28.1 Å². The summed E-state index contributed by atoms with van der Waals surface area (Å²) < 4.78 is 23.9. The van der Waals surface area contributed by atoms with Gasteiger partial charge in [-0.15, -0.1) is 0 Å². The fourth-order valence-corrected chi connectivity index (χ4v) is 3.85. The maximum absolute atomic E-state index is 11.5. The monoisotopic (exact) mass is 299 g/mol. The summed E-state index contributed by atoms with van der Waals surface area (Å²) in [4.78, 5) is 0. The molecule has 1 aromatic carbocycles. The number of halogens is 1. The quantitative estimate of drug-likeness (QED) is 0.840. The van der Waals surface area contributed by atoms with E-state index in [0.717, 1.165) is 10.0 Å². The first-order valence-corrected chi connectivity index (χ1v) is 7.54. The van der Waals surface area contributed by atoms with Gasteiger partial charge in [0.15, 0.2) is 9.84 Å². The normalized spacial score (nSPS) is 28.4. The van der Waals surface area contributed by atoms with Crippen LogP contribution in [-0.4, -0.2) is 19.9 Å². The lowest BCUT2D eigenvalue weighted by atomic mass is 10.1. The molecule has 1 aliphatic carbocycles. The molecule has 0 heterocycles. The third-order valence-electron chi connectivity index (χ3n) is 2.85. The molecule has 0 unspecified atom stereocenters. The standard InChI is InChI=1S/C11H10BrNO2S/c1-16(14,15)11-9(6-13)10(11)7-2-4-8(12)5-3-7/h2-5,9-11H,1H3/t9-,10+,11+/m1/s1. The summed E-state index contributed by atoms with van der Waals surface area (Å²) in [7, 11) is -3.13. The van der Waals surface area contributed by atoms with Crippen LogP contribution in [0.2, 0.25) is 0 Å². The first-order valence-electron chi connectivity index (χ1n) is 4.79. The topological polar surface area (TPSA) is 57.9 Å². The number of nitriles is 1. The maximum atomic E-state index is 11.5. The van der Waals surface area contributed by atoms with Crippen LogP contribution < -0.4 is 0 Å². The van der Waals surface area contributed by atoms with E-state index in [1.54, 1.807) is 0 Å². The molecule has 1 fully saturated rings. The van der Waals surface area contributed by atoms with Gasteiger partial charge in [-0.05, 0) is 17.7 Å². The van der Waals surface area contributed by atoms with Gasteiger partial charge in [0.25, 0.3) is 0 Å². The van der Waals surface area contributed by atoms with Gasteiger partial charge >= 0.3 is 0 Å². The third kappa shape index (κ3) is 2.00. The van der Waals surface area contributed by atoms with Crippen molar-refractivity contribution in [2.24, 2.45) is 5.92 Å². The van der Waals surface area contributed by atoms with Crippen molar-refractivity contribution in [2.75, 3.05) is 6.26 Å². The summed E-state index contributed by atoms with van der Waals surface area (Å²) in [6, 6.07) is 9.52. The first kappa shape index (κ1) is 11.6. The molecule has 1 aromatic rings. The first-order chi connectivity index (χ1) is 7.45. The SMILES string of the molecule is CS(=O)(=O)[C@H]1[C@H](C#N)[C@@H]1c1ccc(Br)cc1. The zero-order valence-corrected chi connectivity index (χ0v) is 11.0. The van der Waals surface area contributed by atoms with Gasteiger partial charge in [-0.25, -0.2) is 8.42 Å². The van der Waals surface area contributed by atoms with E-state index < -0.39 is 21.0 Å². The highest BCUT2D eigenvalue weighted by atomic mass is 79.9. The minimum absolute atomic E-state index is 0.159. The van der Waals surface area contributed by atoms with Gasteiger partial charge in [-0.2, -0.15) is 5.26 Å². The molecule has 0 bridgehead atoms. The molecular weight excluding hydrogens is 290 g/mol. The molecule has 0 radical (unpaired) electrons. The van der Waals surface area contributed by atoms with Gasteiger partial charge < -0.3 is 0 Å². The smallest absolute Gasteiger partial charge is 0.152 e. The van der Waals surface area contributed by atoms with Gasteiger partial charge in [-0.3, -0.25) is 0 Å². The lowest BCUT2D eigenvalue weighted by molar-refractivity contribution is 0.599. The van der Waals surface area contributed by atoms with Crippen LogP contribution in [0.15, 0.2) is 28.7 Å². The van der Waals surface area contributed by atoms with E-state index in [2.05, 4.69) is 22.0 Å². The van der Waals surface area contributed by atoms with Crippen molar-refractivity contribution in [1.82, 2.24) is 0 Å². The van der Waals surface area contributed by atoms with Crippen molar-refractivity contribution >= 4 is 25.8 Å². The van der Waals surface area contributed by atoms with E-state index in [1.807, 2.05) is 24.3 Å². The van der Waals surface area contributed by atoms with Crippen LogP contribution in [0.3, 0.4) is 0 Å². The Labute approximate surface area is 103 Å². The van der Waals surface area contributed by atoms with Crippen molar-refractivity contribution in [3.63, 3.8) is 0 Å². The lowest BCUT2D eigenvalue weighted by Crippen LogP contribution is -2.06. The second-order valence-corrected chi connectivity index (χ2v) is 7.15. The Bertz CT molecular complexity index is 544. The largest absolute Gasteiger partial charge is 0.229 e. The fraction of sp³-hybridized carbons (Fsp3) is 0.364. The number of rotatable bonds is 2. The number of nitrogens with zero attached hydrogens (tertiary/aromatic N) is 1. The number of hydrogen-bond donors (Lipinski definition) is 0. The van der Waals surface area contributed by atoms with Crippen LogP contribution in [0.25, 0.3) is 0 Å². The van der Waals surface area contributed by atoms with Crippen molar-refractivity contribution in [2.45, 2.75) is 11.2 Å². The molecule has 3 nitrogen and oxygen atoms in total. The van der Waals surface area contributed by atoms with E-state index >= 15 is 0 Å². The highest BCUT2D eigenvalue weighted by Gasteiger charge is 2.57. The highest BCUT2D eigenvalue weighted by molar-refractivity contribution is 9.10. The molecule has 1 aliphatic rings. The van der Waals surface area contributed by atoms with Crippen LogP contribution in [0, 0.1) is 17.2 Å². The summed E-state index contributed by atoms with van der Waals surface area (Å²) in [6.45, 7) is 0. The van der Waals surface area contributed by atoms with Crippen LogP contribution in [0.1, 0.15) is 11.5 Å². The summed E-state index contributed by atoms with van der Waals surface area (Å²) >= 11 is 3.32. The van der Waals surface area contributed by atoms with Gasteiger partial charge in [0.2, 0.25) is 0 Å². The van der Waals surface area contributed by atoms with E-state index in [1.165, 1.54) is 6.26 Å². The second kappa shape index (κ2) is 3.86. The molecule has 0 saturated heterocycles.